The summed E-state index contributed by atoms with van der Waals surface area (Å²) in [7, 11) is -1.56. The number of rotatable bonds is 11. The molecule has 22 heavy (non-hydrogen) atoms. The van der Waals surface area contributed by atoms with Gasteiger partial charge in [-0.1, -0.05) is 46.1 Å². The maximum Gasteiger partial charge on any atom is 0.330 e. The average molecular weight is 329 g/mol. The molecule has 0 aromatic rings. The summed E-state index contributed by atoms with van der Waals surface area (Å²) in [6.07, 6.45) is 10.4. The van der Waals surface area contributed by atoms with Crippen molar-refractivity contribution in [2.24, 2.45) is 0 Å². The molecule has 0 aliphatic heterocycles. The normalized spacial score (nSPS) is 12.8. The molecule has 0 spiro atoms. The third kappa shape index (κ3) is 10.2. The van der Waals surface area contributed by atoms with Gasteiger partial charge in [-0.25, -0.2) is 4.79 Å². The van der Waals surface area contributed by atoms with Crippen LogP contribution in [0.15, 0.2) is 12.2 Å². The van der Waals surface area contributed by atoms with Gasteiger partial charge in [0.25, 0.3) is 0 Å². The number of unbranched alkanes of at least 4 members (excludes halogenated alkanes) is 5. The fourth-order valence-corrected chi connectivity index (χ4v) is 2.90. The van der Waals surface area contributed by atoms with Crippen LogP contribution in [0.5, 0.6) is 0 Å². The molecule has 0 saturated heterocycles. The number of carbonyl (C=O) groups excluding carboxylic acids is 1. The minimum Gasteiger partial charge on any atom is -0.463 e. The van der Waals surface area contributed by atoms with E-state index in [9.17, 15) is 4.79 Å². The summed E-state index contributed by atoms with van der Waals surface area (Å²) in [6, 6.07) is 0. The van der Waals surface area contributed by atoms with Crippen LogP contribution in [0.25, 0.3) is 0 Å². The molecule has 4 heteroatoms. The Bertz CT molecular complexity index is 330. The van der Waals surface area contributed by atoms with Gasteiger partial charge in [0.2, 0.25) is 0 Å². The quantitative estimate of drug-likeness (QED) is 0.218. The molecule has 0 fully saturated rings. The molecule has 0 heterocycles. The van der Waals surface area contributed by atoms with E-state index in [0.29, 0.717) is 11.6 Å². The number of hydrogen-bond donors (Lipinski definition) is 0. The molecule has 0 radical (unpaired) electrons. The van der Waals surface area contributed by atoms with Crippen LogP contribution in [0.4, 0.5) is 0 Å². The number of allylic oxidation sites excluding steroid dienone is 1. The second kappa shape index (κ2) is 11.0. The van der Waals surface area contributed by atoms with Gasteiger partial charge < -0.3 is 9.16 Å². The van der Waals surface area contributed by atoms with Crippen LogP contribution in [0.1, 0.15) is 66.2 Å². The van der Waals surface area contributed by atoms with Crippen molar-refractivity contribution in [3.63, 3.8) is 0 Å². The highest BCUT2D eigenvalue weighted by molar-refractivity contribution is 6.74. The van der Waals surface area contributed by atoms with Crippen molar-refractivity contribution in [3.05, 3.63) is 12.2 Å². The zero-order valence-corrected chi connectivity index (χ0v) is 16.5. The Morgan fingerprint density at radius 3 is 2.23 bits per heavy atom. The molecule has 0 saturated carbocycles. The summed E-state index contributed by atoms with van der Waals surface area (Å²) < 4.78 is 11.0. The van der Waals surface area contributed by atoms with E-state index in [1.807, 2.05) is 13.0 Å². The second-order valence-electron chi connectivity index (χ2n) is 7.32. The van der Waals surface area contributed by atoms with E-state index in [0.717, 1.165) is 25.9 Å². The first-order valence-electron chi connectivity index (χ1n) is 8.68. The Kier molecular flexibility index (Phi) is 10.7. The number of esters is 1. The summed E-state index contributed by atoms with van der Waals surface area (Å²) in [5.41, 5.74) is 0. The first-order valence-corrected chi connectivity index (χ1v) is 11.6. The largest absolute Gasteiger partial charge is 0.463 e. The fourth-order valence-electron chi connectivity index (χ4n) is 1.81. The van der Waals surface area contributed by atoms with Crippen LogP contribution in [0, 0.1) is 0 Å². The van der Waals surface area contributed by atoms with Crippen molar-refractivity contribution in [2.75, 3.05) is 13.2 Å². The summed E-state index contributed by atoms with van der Waals surface area (Å²) in [4.78, 5) is 11.1. The molecule has 0 N–H and O–H groups in total. The lowest BCUT2D eigenvalue weighted by molar-refractivity contribution is -0.137. The minimum absolute atomic E-state index is 0.231. The zero-order chi connectivity index (χ0) is 17.1. The first kappa shape index (κ1) is 21.4. The molecule has 130 valence electrons. The Morgan fingerprint density at radius 1 is 1.05 bits per heavy atom. The van der Waals surface area contributed by atoms with Gasteiger partial charge in [0.05, 0.1) is 6.61 Å². The van der Waals surface area contributed by atoms with Crippen LogP contribution in [0.3, 0.4) is 0 Å². The van der Waals surface area contributed by atoms with Gasteiger partial charge in [0, 0.05) is 12.7 Å². The Balaban J connectivity index is 3.50. The lowest BCUT2D eigenvalue weighted by Gasteiger charge is -2.36. The molecule has 0 aromatic carbocycles. The van der Waals surface area contributed by atoms with E-state index >= 15 is 0 Å². The smallest absolute Gasteiger partial charge is 0.330 e. The summed E-state index contributed by atoms with van der Waals surface area (Å²) in [5.74, 6) is -0.231. The van der Waals surface area contributed by atoms with Crippen molar-refractivity contribution < 1.29 is 14.0 Å². The van der Waals surface area contributed by atoms with Gasteiger partial charge in [-0.15, -0.1) is 0 Å². The van der Waals surface area contributed by atoms with Crippen molar-refractivity contribution >= 4 is 14.3 Å². The lowest BCUT2D eigenvalue weighted by atomic mass is 10.1. The van der Waals surface area contributed by atoms with E-state index < -0.39 is 8.32 Å². The third-order valence-electron chi connectivity index (χ3n) is 4.32. The number of carbonyl (C=O) groups is 1. The predicted molar refractivity (Wildman–Crippen MR) is 96.6 cm³/mol. The lowest BCUT2D eigenvalue weighted by Crippen LogP contribution is -2.40. The van der Waals surface area contributed by atoms with Gasteiger partial charge in [0.1, 0.15) is 0 Å². The van der Waals surface area contributed by atoms with Gasteiger partial charge in [-0.05, 0) is 44.3 Å². The topological polar surface area (TPSA) is 35.5 Å². The molecule has 0 unspecified atom stereocenters. The molecule has 0 bridgehead atoms. The van der Waals surface area contributed by atoms with E-state index in [2.05, 4.69) is 33.9 Å². The number of ether oxygens (including phenoxy) is 1. The fraction of sp³-hybridized carbons (Fsp3) is 0.833. The van der Waals surface area contributed by atoms with Crippen molar-refractivity contribution in [3.8, 4) is 0 Å². The third-order valence-corrected chi connectivity index (χ3v) is 8.86. The minimum atomic E-state index is -1.56. The highest BCUT2D eigenvalue weighted by Gasteiger charge is 2.36. The molecule has 0 aromatic heterocycles. The van der Waals surface area contributed by atoms with Crippen LogP contribution >= 0.6 is 0 Å². The molecule has 0 atom stereocenters. The average Bonchev–Trinajstić information content (AvgIpc) is 2.39. The Hall–Kier alpha value is -0.613. The molecule has 0 aliphatic rings. The monoisotopic (exact) mass is 328 g/mol. The van der Waals surface area contributed by atoms with Crippen molar-refractivity contribution in [1.29, 1.82) is 0 Å². The van der Waals surface area contributed by atoms with Gasteiger partial charge in [0.15, 0.2) is 8.32 Å². The summed E-state index contributed by atoms with van der Waals surface area (Å²) in [6.45, 7) is 14.6. The highest BCUT2D eigenvalue weighted by Crippen LogP contribution is 2.36. The van der Waals surface area contributed by atoms with Crippen LogP contribution in [-0.2, 0) is 14.0 Å². The Morgan fingerprint density at radius 2 is 1.64 bits per heavy atom. The molecular weight excluding hydrogens is 292 g/mol. The number of hydrogen-bond acceptors (Lipinski definition) is 3. The standard InChI is InChI=1S/C18H36O3Si/c1-7-20-17(19)15-13-11-9-8-10-12-14-16-21-22(5,6)18(2,3)4/h13,15H,7-12,14,16H2,1-6H3/b15-13-. The van der Waals surface area contributed by atoms with Crippen molar-refractivity contribution in [1.82, 2.24) is 0 Å². The molecular formula is C18H36O3Si. The Labute approximate surface area is 138 Å². The van der Waals surface area contributed by atoms with Crippen LogP contribution in [0.2, 0.25) is 18.1 Å². The predicted octanol–water partition coefficient (Wildman–Crippen LogP) is 5.47. The molecule has 0 amide bonds. The van der Waals surface area contributed by atoms with E-state index in [-0.39, 0.29) is 5.97 Å². The molecule has 3 nitrogen and oxygen atoms in total. The first-order chi connectivity index (χ1) is 10.2. The van der Waals surface area contributed by atoms with Gasteiger partial charge in [-0.2, -0.15) is 0 Å². The van der Waals surface area contributed by atoms with Crippen LogP contribution in [-0.4, -0.2) is 27.5 Å². The molecule has 0 aliphatic carbocycles. The second-order valence-corrected chi connectivity index (χ2v) is 12.1. The maximum absolute atomic E-state index is 11.1. The summed E-state index contributed by atoms with van der Waals surface area (Å²) >= 11 is 0. The zero-order valence-electron chi connectivity index (χ0n) is 15.5. The van der Waals surface area contributed by atoms with E-state index in [1.165, 1.54) is 25.3 Å². The van der Waals surface area contributed by atoms with E-state index in [1.54, 1.807) is 0 Å². The summed E-state index contributed by atoms with van der Waals surface area (Å²) in [5, 5.41) is 0.304. The van der Waals surface area contributed by atoms with Crippen molar-refractivity contribution in [2.45, 2.75) is 84.4 Å². The highest BCUT2D eigenvalue weighted by atomic mass is 28.4. The van der Waals surface area contributed by atoms with Crippen LogP contribution < -0.4 is 0 Å². The SMILES string of the molecule is CCOC(=O)/C=C\CCCCCCCO[Si](C)(C)C(C)(C)C. The maximum atomic E-state index is 11.1. The van der Waals surface area contributed by atoms with E-state index in [4.69, 9.17) is 9.16 Å². The van der Waals surface area contributed by atoms with Gasteiger partial charge >= 0.3 is 5.97 Å². The van der Waals surface area contributed by atoms with Gasteiger partial charge in [-0.3, -0.25) is 0 Å². The molecule has 0 rings (SSSR count).